The third kappa shape index (κ3) is 3.34. The number of rotatable bonds is 3. The summed E-state index contributed by atoms with van der Waals surface area (Å²) in [6, 6.07) is 30.4. The summed E-state index contributed by atoms with van der Waals surface area (Å²) < 4.78 is 30.2. The molecule has 0 amide bonds. The van der Waals surface area contributed by atoms with Gasteiger partial charge in [0.25, 0.3) is 0 Å². The molecule has 192 valence electrons. The van der Waals surface area contributed by atoms with Gasteiger partial charge in [0.05, 0.1) is 50.0 Å². The van der Waals surface area contributed by atoms with Crippen LogP contribution in [0.4, 0.5) is 0 Å². The standard InChI is InChI=1S/C33H22N4O2S/c38-40(39)28-17-9-16-26-32(28)37(33(36-26)22-12-5-2-6-13-22)27-19-18-23(20-29(27)40)31-30(21-10-3-1-4-11-21)34-24-14-7-8-15-25(24)35-31/h1-20,24-25H. The van der Waals surface area contributed by atoms with Crippen LogP contribution in [0.3, 0.4) is 0 Å². The van der Waals surface area contributed by atoms with Crippen LogP contribution in [0.15, 0.2) is 141 Å². The van der Waals surface area contributed by atoms with E-state index < -0.39 is 9.84 Å². The molecule has 6 nitrogen and oxygen atoms in total. The molecular formula is C33H22N4O2S. The van der Waals surface area contributed by atoms with E-state index in [0.29, 0.717) is 33.8 Å². The first-order valence-electron chi connectivity index (χ1n) is 13.1. The molecule has 4 aromatic carbocycles. The molecule has 1 aromatic heterocycles. The van der Waals surface area contributed by atoms with E-state index in [4.69, 9.17) is 15.0 Å². The number of benzene rings is 4. The molecular weight excluding hydrogens is 516 g/mol. The maximum atomic E-state index is 14.1. The van der Waals surface area contributed by atoms with Crippen molar-refractivity contribution >= 4 is 32.3 Å². The van der Waals surface area contributed by atoms with E-state index in [1.807, 2.05) is 102 Å². The van der Waals surface area contributed by atoms with Crippen molar-refractivity contribution in [2.24, 2.45) is 9.98 Å². The van der Waals surface area contributed by atoms with Crippen molar-refractivity contribution < 1.29 is 8.42 Å². The van der Waals surface area contributed by atoms with Crippen LogP contribution in [-0.2, 0) is 9.84 Å². The number of nitrogens with zero attached hydrogens (tertiary/aromatic N) is 4. The lowest BCUT2D eigenvalue weighted by atomic mass is 9.94. The number of allylic oxidation sites excluding steroid dienone is 2. The topological polar surface area (TPSA) is 76.7 Å². The molecule has 3 aliphatic rings. The second-order valence-corrected chi connectivity index (χ2v) is 11.9. The molecule has 7 heteroatoms. The average Bonchev–Trinajstić information content (AvgIpc) is 3.40. The van der Waals surface area contributed by atoms with E-state index in [1.54, 1.807) is 18.2 Å². The van der Waals surface area contributed by atoms with Gasteiger partial charge in [-0.05, 0) is 24.3 Å². The Hall–Kier alpha value is -4.88. The Morgan fingerprint density at radius 1 is 0.625 bits per heavy atom. The number of para-hydroxylation sites is 1. The van der Waals surface area contributed by atoms with Crippen LogP contribution >= 0.6 is 0 Å². The largest absolute Gasteiger partial charge is 0.290 e. The summed E-state index contributed by atoms with van der Waals surface area (Å²) in [4.78, 5) is 15.5. The fourth-order valence-corrected chi connectivity index (χ4v) is 7.43. The Labute approximate surface area is 231 Å². The molecule has 2 unspecified atom stereocenters. The predicted octanol–water partition coefficient (Wildman–Crippen LogP) is 5.99. The molecule has 8 rings (SSSR count). The number of aromatic nitrogens is 2. The van der Waals surface area contributed by atoms with Crippen molar-refractivity contribution in [3.05, 3.63) is 132 Å². The molecule has 0 bridgehead atoms. The monoisotopic (exact) mass is 538 g/mol. The summed E-state index contributed by atoms with van der Waals surface area (Å²) in [5.74, 6) is 0.704. The van der Waals surface area contributed by atoms with E-state index >= 15 is 0 Å². The van der Waals surface area contributed by atoms with Gasteiger partial charge >= 0.3 is 0 Å². The second kappa shape index (κ2) is 8.56. The lowest BCUT2D eigenvalue weighted by Gasteiger charge is -2.27. The van der Waals surface area contributed by atoms with Crippen LogP contribution in [0.2, 0.25) is 0 Å². The van der Waals surface area contributed by atoms with Crippen LogP contribution < -0.4 is 0 Å². The van der Waals surface area contributed by atoms with Crippen LogP contribution in [0.1, 0.15) is 11.1 Å². The molecule has 1 aliphatic carbocycles. The summed E-state index contributed by atoms with van der Waals surface area (Å²) in [5.41, 5.74) is 5.83. The summed E-state index contributed by atoms with van der Waals surface area (Å²) in [6.07, 6.45) is 8.06. The van der Waals surface area contributed by atoms with Crippen LogP contribution in [0.5, 0.6) is 0 Å². The highest BCUT2D eigenvalue weighted by atomic mass is 32.2. The van der Waals surface area contributed by atoms with Crippen LogP contribution in [0.25, 0.3) is 28.1 Å². The summed E-state index contributed by atoms with van der Waals surface area (Å²) >= 11 is 0. The molecule has 5 aromatic rings. The van der Waals surface area contributed by atoms with Gasteiger partial charge in [-0.1, -0.05) is 97.1 Å². The first-order valence-corrected chi connectivity index (χ1v) is 14.6. The molecule has 0 N–H and O–H groups in total. The quantitative estimate of drug-likeness (QED) is 0.278. The number of imidazole rings is 1. The zero-order chi connectivity index (χ0) is 26.8. The van der Waals surface area contributed by atoms with Gasteiger partial charge in [-0.3, -0.25) is 14.6 Å². The molecule has 0 fully saturated rings. The first kappa shape index (κ1) is 23.0. The molecule has 2 atom stereocenters. The molecule has 0 radical (unpaired) electrons. The Bertz CT molecular complexity index is 2070. The minimum Gasteiger partial charge on any atom is -0.290 e. The van der Waals surface area contributed by atoms with Gasteiger partial charge in [0.15, 0.2) is 0 Å². The SMILES string of the molecule is O=S1(=O)c2cc(C3=NC4C=CC=CC4N=C3c3ccccc3)ccc2-n2c(-c3ccccc3)nc3cccc1c32. The Morgan fingerprint density at radius 3 is 1.98 bits per heavy atom. The minimum absolute atomic E-state index is 0.0927. The highest BCUT2D eigenvalue weighted by molar-refractivity contribution is 7.92. The lowest BCUT2D eigenvalue weighted by Crippen LogP contribution is -2.33. The van der Waals surface area contributed by atoms with Crippen molar-refractivity contribution in [3.8, 4) is 17.1 Å². The molecule has 0 spiro atoms. The van der Waals surface area contributed by atoms with Gasteiger partial charge in [-0.15, -0.1) is 0 Å². The predicted molar refractivity (Wildman–Crippen MR) is 157 cm³/mol. The molecule has 0 saturated carbocycles. The highest BCUT2D eigenvalue weighted by Gasteiger charge is 2.35. The minimum atomic E-state index is -3.82. The van der Waals surface area contributed by atoms with Gasteiger partial charge < -0.3 is 0 Å². The Kier molecular flexibility index (Phi) is 4.93. The van der Waals surface area contributed by atoms with E-state index in [1.165, 1.54) is 0 Å². The third-order valence-corrected chi connectivity index (χ3v) is 9.44. The van der Waals surface area contributed by atoms with Crippen LogP contribution in [-0.4, -0.2) is 41.5 Å². The molecule has 0 saturated heterocycles. The van der Waals surface area contributed by atoms with Crippen molar-refractivity contribution in [1.29, 1.82) is 0 Å². The normalized spacial score (nSPS) is 20.0. The van der Waals surface area contributed by atoms with Crippen molar-refractivity contribution in [3.63, 3.8) is 0 Å². The number of fused-ring (bicyclic) bond motifs is 3. The smallest absolute Gasteiger partial charge is 0.210 e. The van der Waals surface area contributed by atoms with Gasteiger partial charge in [0.1, 0.15) is 5.82 Å². The summed E-state index contributed by atoms with van der Waals surface area (Å²) in [5, 5.41) is 0. The Morgan fingerprint density at radius 2 is 1.27 bits per heavy atom. The second-order valence-electron chi connectivity index (χ2n) is 10.0. The van der Waals surface area contributed by atoms with E-state index in [9.17, 15) is 8.42 Å². The fraction of sp³-hybridized carbons (Fsp3) is 0.0606. The highest BCUT2D eigenvalue weighted by Crippen LogP contribution is 2.42. The third-order valence-electron chi connectivity index (χ3n) is 7.63. The van der Waals surface area contributed by atoms with E-state index in [0.717, 1.165) is 16.8 Å². The van der Waals surface area contributed by atoms with Crippen LogP contribution in [0, 0.1) is 0 Å². The van der Waals surface area contributed by atoms with E-state index in [2.05, 4.69) is 6.08 Å². The van der Waals surface area contributed by atoms with Gasteiger partial charge in [-0.2, -0.15) is 0 Å². The van der Waals surface area contributed by atoms with Gasteiger partial charge in [-0.25, -0.2) is 13.4 Å². The zero-order valence-electron chi connectivity index (χ0n) is 21.2. The molecule has 40 heavy (non-hydrogen) atoms. The maximum Gasteiger partial charge on any atom is 0.210 e. The lowest BCUT2D eigenvalue weighted by molar-refractivity contribution is 0.594. The number of hydrogen-bond acceptors (Lipinski definition) is 5. The summed E-state index contributed by atoms with van der Waals surface area (Å²) in [7, 11) is -3.82. The van der Waals surface area contributed by atoms with Gasteiger partial charge in [0, 0.05) is 16.7 Å². The number of hydrogen-bond donors (Lipinski definition) is 0. The zero-order valence-corrected chi connectivity index (χ0v) is 22.0. The Balaban J connectivity index is 1.36. The summed E-state index contributed by atoms with van der Waals surface area (Å²) in [6.45, 7) is 0. The fourth-order valence-electron chi connectivity index (χ4n) is 5.77. The van der Waals surface area contributed by atoms with Crippen molar-refractivity contribution in [2.75, 3.05) is 0 Å². The first-order chi connectivity index (χ1) is 19.6. The molecule has 2 aliphatic heterocycles. The van der Waals surface area contributed by atoms with Crippen molar-refractivity contribution in [2.45, 2.75) is 21.9 Å². The van der Waals surface area contributed by atoms with E-state index in [-0.39, 0.29) is 21.9 Å². The molecule has 3 heterocycles. The van der Waals surface area contributed by atoms with Gasteiger partial charge in [0.2, 0.25) is 9.84 Å². The average molecular weight is 539 g/mol. The number of sulfone groups is 1. The number of aliphatic imine (C=N–C) groups is 2. The van der Waals surface area contributed by atoms with Crippen molar-refractivity contribution in [1.82, 2.24) is 9.55 Å². The maximum absolute atomic E-state index is 14.1.